The highest BCUT2D eigenvalue weighted by Gasteiger charge is 2.37. The van der Waals surface area contributed by atoms with Crippen LogP contribution < -0.4 is 4.90 Å². The first-order valence-electron chi connectivity index (χ1n) is 8.64. The summed E-state index contributed by atoms with van der Waals surface area (Å²) in [5, 5.41) is 0.383. The molecule has 138 valence electrons. The lowest BCUT2D eigenvalue weighted by Crippen LogP contribution is -2.52. The van der Waals surface area contributed by atoms with E-state index in [1.54, 1.807) is 17.2 Å². The van der Waals surface area contributed by atoms with Gasteiger partial charge in [-0.25, -0.2) is 4.98 Å². The Morgan fingerprint density at radius 2 is 1.74 bits per heavy atom. The lowest BCUT2D eigenvalue weighted by atomic mass is 10.1. The van der Waals surface area contributed by atoms with E-state index in [0.717, 1.165) is 10.7 Å². The summed E-state index contributed by atoms with van der Waals surface area (Å²) in [6.07, 6.45) is 1.74. The summed E-state index contributed by atoms with van der Waals surface area (Å²) in [5.74, 6) is -0.289. The summed E-state index contributed by atoms with van der Waals surface area (Å²) in [5.41, 5.74) is 0.539. The fourth-order valence-electron chi connectivity index (χ4n) is 3.37. The fourth-order valence-corrected chi connectivity index (χ4v) is 3.54. The van der Waals surface area contributed by atoms with Gasteiger partial charge in [-0.3, -0.25) is 19.3 Å². The molecule has 2 aromatic rings. The summed E-state index contributed by atoms with van der Waals surface area (Å²) < 4.78 is 0. The maximum absolute atomic E-state index is 12.6. The minimum atomic E-state index is -0.474. The molecular weight excluding hydrogens is 368 g/mol. The van der Waals surface area contributed by atoms with E-state index in [1.807, 2.05) is 18.2 Å². The number of piperazine rings is 1. The van der Waals surface area contributed by atoms with Gasteiger partial charge < -0.3 is 9.80 Å². The normalized spacial score (nSPS) is 16.7. The predicted octanol–water partition coefficient (Wildman–Crippen LogP) is 1.68. The summed E-state index contributed by atoms with van der Waals surface area (Å²) in [4.78, 5) is 46.6. The number of imide groups is 1. The van der Waals surface area contributed by atoms with Crippen molar-refractivity contribution in [3.63, 3.8) is 0 Å². The van der Waals surface area contributed by atoms with Crippen LogP contribution in [0.3, 0.4) is 0 Å². The van der Waals surface area contributed by atoms with Crippen LogP contribution >= 0.6 is 11.6 Å². The van der Waals surface area contributed by atoms with Crippen molar-refractivity contribution in [1.29, 1.82) is 0 Å². The molecule has 0 atom stereocenters. The number of carbonyl (C=O) groups is 3. The van der Waals surface area contributed by atoms with Crippen LogP contribution in [0.4, 0.5) is 5.82 Å². The molecule has 0 bridgehead atoms. The van der Waals surface area contributed by atoms with Crippen LogP contribution in [0, 0.1) is 0 Å². The van der Waals surface area contributed by atoms with Gasteiger partial charge >= 0.3 is 0 Å². The number of fused-ring (bicyclic) bond motifs is 1. The Balaban J connectivity index is 1.39. The van der Waals surface area contributed by atoms with Gasteiger partial charge in [-0.05, 0) is 30.3 Å². The van der Waals surface area contributed by atoms with Crippen LogP contribution in [-0.2, 0) is 4.79 Å². The second kappa shape index (κ2) is 7.00. The molecule has 8 heteroatoms. The third-order valence-electron chi connectivity index (χ3n) is 4.83. The van der Waals surface area contributed by atoms with Crippen molar-refractivity contribution in [1.82, 2.24) is 14.8 Å². The van der Waals surface area contributed by atoms with E-state index in [-0.39, 0.29) is 23.6 Å². The zero-order valence-corrected chi connectivity index (χ0v) is 15.2. The number of rotatable bonds is 3. The van der Waals surface area contributed by atoms with Crippen LogP contribution in [0.1, 0.15) is 20.7 Å². The molecule has 7 nitrogen and oxygen atoms in total. The third-order valence-corrected chi connectivity index (χ3v) is 5.07. The number of nitrogens with zero attached hydrogens (tertiary/aromatic N) is 4. The fraction of sp³-hybridized carbons (Fsp3) is 0.263. The molecule has 1 saturated heterocycles. The Hall–Kier alpha value is -2.93. The van der Waals surface area contributed by atoms with Gasteiger partial charge in [0.1, 0.15) is 12.4 Å². The van der Waals surface area contributed by atoms with E-state index < -0.39 is 11.8 Å². The highest BCUT2D eigenvalue weighted by Crippen LogP contribution is 2.26. The van der Waals surface area contributed by atoms with E-state index >= 15 is 0 Å². The third kappa shape index (κ3) is 3.26. The van der Waals surface area contributed by atoms with Crippen molar-refractivity contribution in [3.8, 4) is 0 Å². The van der Waals surface area contributed by atoms with Crippen LogP contribution in [0.5, 0.6) is 0 Å². The lowest BCUT2D eigenvalue weighted by molar-refractivity contribution is -0.131. The number of pyridine rings is 1. The standard InChI is InChI=1S/C19H17ClN4O3/c20-13-4-5-14-15(11-13)19(27)24(18(14)26)12-17(25)23-9-7-22(8-10-23)16-3-1-2-6-21-16/h1-6,11H,7-10,12H2. The molecule has 27 heavy (non-hydrogen) atoms. The molecule has 2 aliphatic heterocycles. The van der Waals surface area contributed by atoms with Crippen LogP contribution in [0.2, 0.25) is 5.02 Å². The van der Waals surface area contributed by atoms with Crippen molar-refractivity contribution < 1.29 is 14.4 Å². The monoisotopic (exact) mass is 384 g/mol. The molecule has 0 unspecified atom stereocenters. The smallest absolute Gasteiger partial charge is 0.262 e. The van der Waals surface area contributed by atoms with Crippen molar-refractivity contribution in [3.05, 3.63) is 58.7 Å². The van der Waals surface area contributed by atoms with Gasteiger partial charge in [-0.1, -0.05) is 17.7 Å². The summed E-state index contributed by atoms with van der Waals surface area (Å²) in [6, 6.07) is 10.3. The zero-order valence-electron chi connectivity index (χ0n) is 14.5. The molecule has 2 aliphatic rings. The quantitative estimate of drug-likeness (QED) is 0.753. The Labute approximate surface area is 161 Å². The van der Waals surface area contributed by atoms with Gasteiger partial charge in [0.05, 0.1) is 11.1 Å². The van der Waals surface area contributed by atoms with E-state index in [9.17, 15) is 14.4 Å². The Kier molecular flexibility index (Phi) is 4.53. The average Bonchev–Trinajstić information content (AvgIpc) is 2.93. The highest BCUT2D eigenvalue weighted by molar-refractivity contribution is 6.32. The van der Waals surface area contributed by atoms with Crippen LogP contribution in [-0.4, -0.2) is 65.2 Å². The molecular formula is C19H17ClN4O3. The number of hydrogen-bond donors (Lipinski definition) is 0. The lowest BCUT2D eigenvalue weighted by Gasteiger charge is -2.35. The van der Waals surface area contributed by atoms with Crippen molar-refractivity contribution in [2.24, 2.45) is 0 Å². The first-order chi connectivity index (χ1) is 13.0. The van der Waals surface area contributed by atoms with Gasteiger partial charge in [-0.15, -0.1) is 0 Å². The minimum Gasteiger partial charge on any atom is -0.353 e. The number of carbonyl (C=O) groups excluding carboxylic acids is 3. The molecule has 1 aromatic heterocycles. The van der Waals surface area contributed by atoms with Crippen molar-refractivity contribution >= 4 is 35.1 Å². The van der Waals surface area contributed by atoms with Gasteiger partial charge in [0.15, 0.2) is 0 Å². The van der Waals surface area contributed by atoms with Crippen molar-refractivity contribution in [2.45, 2.75) is 0 Å². The maximum Gasteiger partial charge on any atom is 0.262 e. The average molecular weight is 385 g/mol. The van der Waals surface area contributed by atoms with Crippen molar-refractivity contribution in [2.75, 3.05) is 37.6 Å². The van der Waals surface area contributed by atoms with E-state index in [0.29, 0.717) is 31.2 Å². The summed E-state index contributed by atoms with van der Waals surface area (Å²) in [6.45, 7) is 2.09. The van der Waals surface area contributed by atoms with E-state index in [2.05, 4.69) is 9.88 Å². The molecule has 1 aromatic carbocycles. The second-order valence-electron chi connectivity index (χ2n) is 6.44. The first kappa shape index (κ1) is 17.5. The SMILES string of the molecule is O=C(CN1C(=O)c2ccc(Cl)cc2C1=O)N1CCN(c2ccccn2)CC1. The molecule has 4 rings (SSSR count). The van der Waals surface area contributed by atoms with Gasteiger partial charge in [0.2, 0.25) is 5.91 Å². The van der Waals surface area contributed by atoms with Crippen LogP contribution in [0.15, 0.2) is 42.6 Å². The number of halogens is 1. The molecule has 0 radical (unpaired) electrons. The number of benzene rings is 1. The number of amides is 3. The minimum absolute atomic E-state index is 0.240. The predicted molar refractivity (Wildman–Crippen MR) is 99.8 cm³/mol. The topological polar surface area (TPSA) is 73.8 Å². The van der Waals surface area contributed by atoms with E-state index in [1.165, 1.54) is 12.1 Å². The Morgan fingerprint density at radius 1 is 1.00 bits per heavy atom. The summed E-state index contributed by atoms with van der Waals surface area (Å²) >= 11 is 5.91. The second-order valence-corrected chi connectivity index (χ2v) is 6.88. The highest BCUT2D eigenvalue weighted by atomic mass is 35.5. The molecule has 3 heterocycles. The molecule has 0 spiro atoms. The van der Waals surface area contributed by atoms with Gasteiger partial charge in [0, 0.05) is 37.4 Å². The Bertz CT molecular complexity index is 910. The van der Waals surface area contributed by atoms with Gasteiger partial charge in [-0.2, -0.15) is 0 Å². The van der Waals surface area contributed by atoms with Gasteiger partial charge in [0.25, 0.3) is 11.8 Å². The first-order valence-corrected chi connectivity index (χ1v) is 9.02. The summed E-state index contributed by atoms with van der Waals surface area (Å²) in [7, 11) is 0. The zero-order chi connectivity index (χ0) is 19.0. The Morgan fingerprint density at radius 3 is 2.44 bits per heavy atom. The van der Waals surface area contributed by atoms with E-state index in [4.69, 9.17) is 11.6 Å². The molecule has 1 fully saturated rings. The number of hydrogen-bond acceptors (Lipinski definition) is 5. The molecule has 0 N–H and O–H groups in total. The largest absolute Gasteiger partial charge is 0.353 e. The maximum atomic E-state index is 12.6. The molecule has 3 amide bonds. The number of aromatic nitrogens is 1. The molecule has 0 aliphatic carbocycles. The van der Waals surface area contributed by atoms with Crippen LogP contribution in [0.25, 0.3) is 0 Å². The molecule has 0 saturated carbocycles. The number of anilines is 1.